The van der Waals surface area contributed by atoms with Gasteiger partial charge in [-0.15, -0.1) is 0 Å². The molecule has 0 aliphatic rings. The van der Waals surface area contributed by atoms with Gasteiger partial charge in [-0.3, -0.25) is 20.4 Å². The van der Waals surface area contributed by atoms with Crippen LogP contribution < -0.4 is 15.6 Å². The molecule has 2 N–H and O–H groups in total. The molecule has 2 aromatic carbocycles. The summed E-state index contributed by atoms with van der Waals surface area (Å²) in [6.45, 7) is -0.344. The third kappa shape index (κ3) is 5.03. The SMILES string of the molecule is O=C(COc1cc(Cl)ccc1Cl)NNC(=O)c1ccccc1Cl. The van der Waals surface area contributed by atoms with Crippen molar-refractivity contribution in [2.45, 2.75) is 0 Å². The molecule has 8 heteroatoms. The highest BCUT2D eigenvalue weighted by atomic mass is 35.5. The fraction of sp³-hybridized carbons (Fsp3) is 0.0667. The molecule has 0 aliphatic heterocycles. The molecular weight excluding hydrogens is 363 g/mol. The van der Waals surface area contributed by atoms with E-state index in [1.807, 2.05) is 0 Å². The average Bonchev–Trinajstić information content (AvgIpc) is 2.54. The maximum atomic E-state index is 11.9. The molecule has 0 unspecified atom stereocenters. The Morgan fingerprint density at radius 2 is 1.70 bits per heavy atom. The summed E-state index contributed by atoms with van der Waals surface area (Å²) in [4.78, 5) is 23.5. The van der Waals surface area contributed by atoms with E-state index in [1.165, 1.54) is 12.1 Å². The third-order valence-corrected chi connectivity index (χ3v) is 3.56. The molecule has 0 fully saturated rings. The number of hydrogen-bond donors (Lipinski definition) is 2. The monoisotopic (exact) mass is 372 g/mol. The highest BCUT2D eigenvalue weighted by Gasteiger charge is 2.11. The number of carbonyl (C=O) groups excluding carboxylic acids is 2. The Labute approximate surface area is 147 Å². The number of carbonyl (C=O) groups is 2. The topological polar surface area (TPSA) is 67.4 Å². The Hall–Kier alpha value is -1.95. The number of hydrazine groups is 1. The molecule has 0 atom stereocenters. The predicted molar refractivity (Wildman–Crippen MR) is 89.0 cm³/mol. The number of nitrogens with one attached hydrogen (secondary N) is 2. The number of rotatable bonds is 4. The van der Waals surface area contributed by atoms with Crippen LogP contribution in [0.3, 0.4) is 0 Å². The number of halogens is 3. The molecule has 0 spiro atoms. The minimum absolute atomic E-state index is 0.244. The van der Waals surface area contributed by atoms with E-state index >= 15 is 0 Å². The molecule has 0 saturated carbocycles. The van der Waals surface area contributed by atoms with Crippen molar-refractivity contribution < 1.29 is 14.3 Å². The predicted octanol–water partition coefficient (Wildman–Crippen LogP) is 3.49. The molecule has 2 rings (SSSR count). The van der Waals surface area contributed by atoms with Crippen LogP contribution in [0.1, 0.15) is 10.4 Å². The second-order valence-electron chi connectivity index (χ2n) is 4.35. The van der Waals surface area contributed by atoms with Crippen LogP contribution in [0, 0.1) is 0 Å². The van der Waals surface area contributed by atoms with E-state index in [9.17, 15) is 9.59 Å². The smallest absolute Gasteiger partial charge is 0.276 e. The first-order valence-electron chi connectivity index (χ1n) is 6.39. The molecule has 0 bridgehead atoms. The van der Waals surface area contributed by atoms with Gasteiger partial charge in [0.05, 0.1) is 15.6 Å². The molecule has 2 amide bonds. The lowest BCUT2D eigenvalue weighted by atomic mass is 10.2. The van der Waals surface area contributed by atoms with Crippen molar-refractivity contribution in [1.29, 1.82) is 0 Å². The molecule has 5 nitrogen and oxygen atoms in total. The second-order valence-corrected chi connectivity index (χ2v) is 5.60. The standard InChI is InChI=1S/C15H11Cl3N2O3/c16-9-5-6-12(18)13(7-9)23-8-14(21)19-20-15(22)10-3-1-2-4-11(10)17/h1-7H,8H2,(H,19,21)(H,20,22). The van der Waals surface area contributed by atoms with Crippen LogP contribution in [0.25, 0.3) is 0 Å². The molecule has 23 heavy (non-hydrogen) atoms. The normalized spacial score (nSPS) is 10.0. The lowest BCUT2D eigenvalue weighted by Crippen LogP contribution is -2.43. The lowest BCUT2D eigenvalue weighted by molar-refractivity contribution is -0.123. The summed E-state index contributed by atoms with van der Waals surface area (Å²) in [5, 5.41) is 1.03. The summed E-state index contributed by atoms with van der Waals surface area (Å²) in [6, 6.07) is 11.1. The molecule has 0 aromatic heterocycles. The first kappa shape index (κ1) is 17.4. The van der Waals surface area contributed by atoms with Crippen LogP contribution in [-0.4, -0.2) is 18.4 Å². The molecule has 0 radical (unpaired) electrons. The molecule has 2 aromatic rings. The number of hydrogen-bond acceptors (Lipinski definition) is 3. The van der Waals surface area contributed by atoms with E-state index in [0.717, 1.165) is 0 Å². The molecule has 0 aliphatic carbocycles. The zero-order valence-electron chi connectivity index (χ0n) is 11.6. The van der Waals surface area contributed by atoms with Crippen molar-refractivity contribution in [3.05, 3.63) is 63.1 Å². The van der Waals surface area contributed by atoms with E-state index in [2.05, 4.69) is 10.9 Å². The van der Waals surface area contributed by atoms with Crippen molar-refractivity contribution >= 4 is 46.6 Å². The summed E-state index contributed by atoms with van der Waals surface area (Å²) in [7, 11) is 0. The minimum Gasteiger partial charge on any atom is -0.482 e. The van der Waals surface area contributed by atoms with Gasteiger partial charge in [0.2, 0.25) is 0 Å². The van der Waals surface area contributed by atoms with Gasteiger partial charge in [0.15, 0.2) is 6.61 Å². The van der Waals surface area contributed by atoms with Crippen LogP contribution in [0.4, 0.5) is 0 Å². The summed E-state index contributed by atoms with van der Waals surface area (Å²) in [5.41, 5.74) is 4.70. The Kier molecular flexibility index (Phi) is 6.10. The largest absolute Gasteiger partial charge is 0.482 e. The fourth-order valence-electron chi connectivity index (χ4n) is 1.61. The van der Waals surface area contributed by atoms with Gasteiger partial charge < -0.3 is 4.74 Å². The summed E-state index contributed by atoms with van der Waals surface area (Å²) in [6.07, 6.45) is 0. The Morgan fingerprint density at radius 3 is 2.43 bits per heavy atom. The Bertz CT molecular complexity index is 738. The van der Waals surface area contributed by atoms with Crippen molar-refractivity contribution in [3.8, 4) is 5.75 Å². The van der Waals surface area contributed by atoms with Gasteiger partial charge in [-0.25, -0.2) is 0 Å². The lowest BCUT2D eigenvalue weighted by Gasteiger charge is -2.10. The highest BCUT2D eigenvalue weighted by Crippen LogP contribution is 2.27. The molecule has 0 saturated heterocycles. The molecule has 120 valence electrons. The third-order valence-electron chi connectivity index (χ3n) is 2.69. The Morgan fingerprint density at radius 1 is 0.957 bits per heavy atom. The van der Waals surface area contributed by atoms with Gasteiger partial charge in [0, 0.05) is 11.1 Å². The maximum absolute atomic E-state index is 11.9. The van der Waals surface area contributed by atoms with Crippen molar-refractivity contribution in [2.24, 2.45) is 0 Å². The van der Waals surface area contributed by atoms with Gasteiger partial charge in [0.25, 0.3) is 11.8 Å². The van der Waals surface area contributed by atoms with Crippen LogP contribution in [0.5, 0.6) is 5.75 Å². The van der Waals surface area contributed by atoms with Crippen LogP contribution in [0.15, 0.2) is 42.5 Å². The minimum atomic E-state index is -0.568. The maximum Gasteiger partial charge on any atom is 0.276 e. The first-order valence-corrected chi connectivity index (χ1v) is 7.52. The number of amides is 2. The summed E-state index contributed by atoms with van der Waals surface area (Å²) in [5.74, 6) is -0.835. The molecule has 0 heterocycles. The van der Waals surface area contributed by atoms with Crippen LogP contribution in [-0.2, 0) is 4.79 Å². The van der Waals surface area contributed by atoms with E-state index < -0.39 is 11.8 Å². The zero-order chi connectivity index (χ0) is 16.8. The van der Waals surface area contributed by atoms with Gasteiger partial charge >= 0.3 is 0 Å². The van der Waals surface area contributed by atoms with Gasteiger partial charge in [-0.2, -0.15) is 0 Å². The van der Waals surface area contributed by atoms with E-state index in [1.54, 1.807) is 30.3 Å². The van der Waals surface area contributed by atoms with Gasteiger partial charge in [-0.1, -0.05) is 46.9 Å². The fourth-order valence-corrected chi connectivity index (χ4v) is 2.16. The highest BCUT2D eigenvalue weighted by molar-refractivity contribution is 6.34. The quantitative estimate of drug-likeness (QED) is 0.806. The number of ether oxygens (including phenoxy) is 1. The Balaban J connectivity index is 1.85. The second kappa shape index (κ2) is 8.06. The number of benzene rings is 2. The van der Waals surface area contributed by atoms with Crippen molar-refractivity contribution in [1.82, 2.24) is 10.9 Å². The van der Waals surface area contributed by atoms with Crippen molar-refractivity contribution in [3.63, 3.8) is 0 Å². The zero-order valence-corrected chi connectivity index (χ0v) is 13.9. The van der Waals surface area contributed by atoms with E-state index in [0.29, 0.717) is 10.0 Å². The average molecular weight is 374 g/mol. The van der Waals surface area contributed by atoms with Crippen LogP contribution >= 0.6 is 34.8 Å². The van der Waals surface area contributed by atoms with Gasteiger partial charge in [0.1, 0.15) is 5.75 Å². The molecular formula is C15H11Cl3N2O3. The van der Waals surface area contributed by atoms with Crippen molar-refractivity contribution in [2.75, 3.05) is 6.61 Å². The first-order chi connectivity index (χ1) is 11.0. The van der Waals surface area contributed by atoms with E-state index in [4.69, 9.17) is 39.5 Å². The summed E-state index contributed by atoms with van der Waals surface area (Å²) >= 11 is 17.6. The summed E-state index contributed by atoms with van der Waals surface area (Å²) < 4.78 is 5.24. The van der Waals surface area contributed by atoms with Gasteiger partial charge in [-0.05, 0) is 24.3 Å². The van der Waals surface area contributed by atoms with E-state index in [-0.39, 0.29) is 22.9 Å². The van der Waals surface area contributed by atoms with Crippen LogP contribution in [0.2, 0.25) is 15.1 Å².